The number of carbonyl (C=O) groups excluding carboxylic acids is 1. The summed E-state index contributed by atoms with van der Waals surface area (Å²) in [5, 5.41) is 6.33. The van der Waals surface area contributed by atoms with E-state index in [4.69, 9.17) is 5.73 Å². The minimum absolute atomic E-state index is 0.0359. The maximum atomic E-state index is 12.1. The van der Waals surface area contributed by atoms with Crippen molar-refractivity contribution >= 4 is 17.3 Å². The van der Waals surface area contributed by atoms with E-state index in [9.17, 15) is 4.79 Å². The molecule has 1 amide bonds. The van der Waals surface area contributed by atoms with Crippen LogP contribution in [0.15, 0.2) is 18.2 Å². The predicted octanol–water partition coefficient (Wildman–Crippen LogP) is 2.62. The number of benzene rings is 1. The van der Waals surface area contributed by atoms with E-state index in [0.29, 0.717) is 23.2 Å². The lowest BCUT2D eigenvalue weighted by Gasteiger charge is -2.18. The van der Waals surface area contributed by atoms with Crippen LogP contribution in [-0.2, 0) is 0 Å². The Hall–Kier alpha value is -1.71. The normalized spacial score (nSPS) is 19.4. The Morgan fingerprint density at radius 3 is 2.75 bits per heavy atom. The standard InChI is InChI=1S/C16H23N3O/c1-2-18-15(20)13-6-5-12(17)9-14(13)19-10-16(7-8-16)11-3-4-11/h5-6,9,11,19H,2-4,7-8,10,17H2,1H3,(H,18,20). The molecule has 4 heteroatoms. The van der Waals surface area contributed by atoms with Gasteiger partial charge in [-0.15, -0.1) is 0 Å². The van der Waals surface area contributed by atoms with Crippen molar-refractivity contribution in [3.8, 4) is 0 Å². The number of carbonyl (C=O) groups is 1. The second-order valence-corrected chi connectivity index (χ2v) is 6.15. The third-order valence-electron chi connectivity index (χ3n) is 4.59. The molecular formula is C16H23N3O. The van der Waals surface area contributed by atoms with Crippen molar-refractivity contribution < 1.29 is 4.79 Å². The van der Waals surface area contributed by atoms with E-state index >= 15 is 0 Å². The number of hydrogen-bond acceptors (Lipinski definition) is 3. The Morgan fingerprint density at radius 2 is 2.15 bits per heavy atom. The van der Waals surface area contributed by atoms with Gasteiger partial charge in [-0.3, -0.25) is 4.79 Å². The van der Waals surface area contributed by atoms with Crippen LogP contribution in [0.3, 0.4) is 0 Å². The van der Waals surface area contributed by atoms with Gasteiger partial charge < -0.3 is 16.4 Å². The fourth-order valence-electron chi connectivity index (χ4n) is 3.02. The Kier molecular flexibility index (Phi) is 3.32. The molecule has 2 aliphatic rings. The number of amides is 1. The summed E-state index contributed by atoms with van der Waals surface area (Å²) in [7, 11) is 0. The molecule has 0 bridgehead atoms. The van der Waals surface area contributed by atoms with E-state index in [-0.39, 0.29) is 5.91 Å². The van der Waals surface area contributed by atoms with Crippen molar-refractivity contribution in [3.63, 3.8) is 0 Å². The van der Waals surface area contributed by atoms with Crippen LogP contribution in [0.5, 0.6) is 0 Å². The molecule has 0 spiro atoms. The molecule has 4 N–H and O–H groups in total. The molecular weight excluding hydrogens is 250 g/mol. The molecule has 108 valence electrons. The Balaban J connectivity index is 1.73. The first-order valence-corrected chi connectivity index (χ1v) is 7.56. The third kappa shape index (κ3) is 2.60. The summed E-state index contributed by atoms with van der Waals surface area (Å²) in [4.78, 5) is 12.1. The summed E-state index contributed by atoms with van der Waals surface area (Å²) in [6.07, 6.45) is 5.40. The minimum atomic E-state index is -0.0359. The summed E-state index contributed by atoms with van der Waals surface area (Å²) in [6.45, 7) is 3.52. The van der Waals surface area contributed by atoms with Gasteiger partial charge in [0, 0.05) is 24.5 Å². The van der Waals surface area contributed by atoms with E-state index in [1.807, 2.05) is 13.0 Å². The number of rotatable bonds is 6. The van der Waals surface area contributed by atoms with Crippen molar-refractivity contribution in [2.24, 2.45) is 11.3 Å². The third-order valence-corrected chi connectivity index (χ3v) is 4.59. The number of nitrogens with one attached hydrogen (secondary N) is 2. The van der Waals surface area contributed by atoms with Crippen molar-refractivity contribution in [2.45, 2.75) is 32.6 Å². The molecule has 0 heterocycles. The lowest BCUT2D eigenvalue weighted by Crippen LogP contribution is -2.25. The number of nitrogens with two attached hydrogens (primary N) is 1. The number of hydrogen-bond donors (Lipinski definition) is 3. The Labute approximate surface area is 120 Å². The SMILES string of the molecule is CCNC(=O)c1ccc(N)cc1NCC1(C2CC2)CC1. The second-order valence-electron chi connectivity index (χ2n) is 6.15. The molecule has 20 heavy (non-hydrogen) atoms. The van der Waals surface area contributed by atoms with Crippen LogP contribution in [0.25, 0.3) is 0 Å². The summed E-state index contributed by atoms with van der Waals surface area (Å²) in [5.74, 6) is 0.871. The zero-order valence-electron chi connectivity index (χ0n) is 12.0. The van der Waals surface area contributed by atoms with Crippen molar-refractivity contribution in [3.05, 3.63) is 23.8 Å². The quantitative estimate of drug-likeness (QED) is 0.698. The molecule has 2 saturated carbocycles. The van der Waals surface area contributed by atoms with Crippen LogP contribution in [0.1, 0.15) is 43.0 Å². The van der Waals surface area contributed by atoms with E-state index in [0.717, 1.165) is 18.2 Å². The Bertz CT molecular complexity index is 518. The van der Waals surface area contributed by atoms with Gasteiger partial charge in [0.1, 0.15) is 0 Å². The van der Waals surface area contributed by atoms with E-state index in [2.05, 4.69) is 10.6 Å². The van der Waals surface area contributed by atoms with Crippen LogP contribution in [0, 0.1) is 11.3 Å². The molecule has 0 aliphatic heterocycles. The van der Waals surface area contributed by atoms with Gasteiger partial charge in [0.25, 0.3) is 5.91 Å². The van der Waals surface area contributed by atoms with Crippen molar-refractivity contribution in [2.75, 3.05) is 24.1 Å². The maximum absolute atomic E-state index is 12.1. The van der Waals surface area contributed by atoms with E-state index in [1.165, 1.54) is 25.7 Å². The predicted molar refractivity (Wildman–Crippen MR) is 81.7 cm³/mol. The van der Waals surface area contributed by atoms with Gasteiger partial charge in [-0.2, -0.15) is 0 Å². The first kappa shape index (κ1) is 13.3. The average Bonchev–Trinajstić information content (AvgIpc) is 3.28. The van der Waals surface area contributed by atoms with Gasteiger partial charge in [-0.25, -0.2) is 0 Å². The summed E-state index contributed by atoms with van der Waals surface area (Å²) in [5.41, 5.74) is 8.60. The smallest absolute Gasteiger partial charge is 0.253 e. The summed E-state index contributed by atoms with van der Waals surface area (Å²) >= 11 is 0. The first-order valence-electron chi connectivity index (χ1n) is 7.56. The highest BCUT2D eigenvalue weighted by Crippen LogP contribution is 2.61. The molecule has 2 aliphatic carbocycles. The molecule has 0 unspecified atom stereocenters. The summed E-state index contributed by atoms with van der Waals surface area (Å²) < 4.78 is 0. The van der Waals surface area contributed by atoms with Crippen LogP contribution in [-0.4, -0.2) is 19.0 Å². The van der Waals surface area contributed by atoms with Gasteiger partial charge in [-0.05, 0) is 62.1 Å². The molecule has 0 saturated heterocycles. The number of anilines is 2. The molecule has 4 nitrogen and oxygen atoms in total. The van der Waals surface area contributed by atoms with Gasteiger partial charge >= 0.3 is 0 Å². The van der Waals surface area contributed by atoms with Gasteiger partial charge in [0.15, 0.2) is 0 Å². The molecule has 0 radical (unpaired) electrons. The van der Waals surface area contributed by atoms with E-state index in [1.54, 1.807) is 12.1 Å². The number of nitrogen functional groups attached to an aromatic ring is 1. The topological polar surface area (TPSA) is 67.2 Å². The van der Waals surface area contributed by atoms with Crippen molar-refractivity contribution in [1.29, 1.82) is 0 Å². The highest BCUT2D eigenvalue weighted by atomic mass is 16.1. The minimum Gasteiger partial charge on any atom is -0.399 e. The maximum Gasteiger partial charge on any atom is 0.253 e. The zero-order valence-corrected chi connectivity index (χ0v) is 12.0. The van der Waals surface area contributed by atoms with Gasteiger partial charge in [0.2, 0.25) is 0 Å². The van der Waals surface area contributed by atoms with E-state index < -0.39 is 0 Å². The van der Waals surface area contributed by atoms with Crippen LogP contribution in [0.2, 0.25) is 0 Å². The fourth-order valence-corrected chi connectivity index (χ4v) is 3.02. The Morgan fingerprint density at radius 1 is 1.40 bits per heavy atom. The molecule has 1 aromatic rings. The summed E-state index contributed by atoms with van der Waals surface area (Å²) in [6, 6.07) is 5.45. The lowest BCUT2D eigenvalue weighted by atomic mass is 10.0. The van der Waals surface area contributed by atoms with Crippen LogP contribution in [0.4, 0.5) is 11.4 Å². The largest absolute Gasteiger partial charge is 0.399 e. The van der Waals surface area contributed by atoms with Crippen LogP contribution < -0.4 is 16.4 Å². The molecule has 2 fully saturated rings. The first-order chi connectivity index (χ1) is 9.64. The molecule has 0 atom stereocenters. The molecule has 3 rings (SSSR count). The molecule has 1 aromatic carbocycles. The second kappa shape index (κ2) is 5.00. The monoisotopic (exact) mass is 273 g/mol. The average molecular weight is 273 g/mol. The molecule has 0 aromatic heterocycles. The lowest BCUT2D eigenvalue weighted by molar-refractivity contribution is 0.0956. The highest BCUT2D eigenvalue weighted by molar-refractivity contribution is 6.00. The van der Waals surface area contributed by atoms with Gasteiger partial charge in [-0.1, -0.05) is 0 Å². The van der Waals surface area contributed by atoms with Gasteiger partial charge in [0.05, 0.1) is 5.56 Å². The zero-order chi connectivity index (χ0) is 14.2. The van der Waals surface area contributed by atoms with Crippen LogP contribution >= 0.6 is 0 Å². The highest BCUT2D eigenvalue weighted by Gasteiger charge is 2.53. The fraction of sp³-hybridized carbons (Fsp3) is 0.562. The van der Waals surface area contributed by atoms with Crippen molar-refractivity contribution in [1.82, 2.24) is 5.32 Å².